The van der Waals surface area contributed by atoms with E-state index < -0.39 is 0 Å². The fourth-order valence-corrected chi connectivity index (χ4v) is 3.97. The summed E-state index contributed by atoms with van der Waals surface area (Å²) in [4.78, 5) is 18.3. The van der Waals surface area contributed by atoms with Gasteiger partial charge in [0.25, 0.3) is 0 Å². The molecule has 1 atom stereocenters. The van der Waals surface area contributed by atoms with Crippen LogP contribution in [-0.2, 0) is 4.79 Å². The predicted molar refractivity (Wildman–Crippen MR) is 85.8 cm³/mol. The quantitative estimate of drug-likeness (QED) is 0.824. The van der Waals surface area contributed by atoms with Gasteiger partial charge in [-0.15, -0.1) is 11.8 Å². The Bertz CT molecular complexity index is 648. The highest BCUT2D eigenvalue weighted by Gasteiger charge is 2.34. The molecule has 1 aliphatic heterocycles. The number of anilines is 1. The molecule has 1 aromatic heterocycles. The second-order valence-electron chi connectivity index (χ2n) is 4.64. The van der Waals surface area contributed by atoms with E-state index in [1.54, 1.807) is 18.0 Å². The van der Waals surface area contributed by atoms with E-state index >= 15 is 0 Å². The Kier molecular flexibility index (Phi) is 3.81. The second-order valence-corrected chi connectivity index (χ2v) is 6.63. The summed E-state index contributed by atoms with van der Waals surface area (Å²) >= 11 is 5.11. The van der Waals surface area contributed by atoms with Gasteiger partial charge in [-0.2, -0.15) is 0 Å². The Morgan fingerprint density at radius 1 is 1.40 bits per heavy atom. The first kappa shape index (κ1) is 13.6. The topological polar surface area (TPSA) is 33.2 Å². The van der Waals surface area contributed by atoms with E-state index in [0.717, 1.165) is 21.3 Å². The number of aromatic nitrogens is 1. The predicted octanol–water partition coefficient (Wildman–Crippen LogP) is 3.93. The van der Waals surface area contributed by atoms with Crippen LogP contribution in [0, 0.1) is 6.92 Å². The maximum absolute atomic E-state index is 12.3. The van der Waals surface area contributed by atoms with Gasteiger partial charge in [0, 0.05) is 28.1 Å². The molecule has 0 N–H and O–H groups in total. The molecule has 2 heterocycles. The smallest absolute Gasteiger partial charge is 0.238 e. The molecule has 1 fully saturated rings. The van der Waals surface area contributed by atoms with Gasteiger partial charge in [0.15, 0.2) is 0 Å². The minimum absolute atomic E-state index is 0.0103. The van der Waals surface area contributed by atoms with Crippen LogP contribution in [0.3, 0.4) is 0 Å². The summed E-state index contributed by atoms with van der Waals surface area (Å²) in [6, 6.07) is 9.92. The molecule has 0 spiro atoms. The average Bonchev–Trinajstić information content (AvgIpc) is 2.82. The van der Waals surface area contributed by atoms with Crippen LogP contribution >= 0.6 is 27.7 Å². The average molecular weight is 349 g/mol. The molecule has 5 heteroatoms. The number of carbonyl (C=O) groups excluding carboxylic acids is 1. The molecule has 1 saturated heterocycles. The molecule has 2 aromatic rings. The van der Waals surface area contributed by atoms with Gasteiger partial charge in [-0.25, -0.2) is 0 Å². The molecular formula is C15H13BrN2OS. The van der Waals surface area contributed by atoms with Gasteiger partial charge < -0.3 is 0 Å². The van der Waals surface area contributed by atoms with Crippen LogP contribution in [0.15, 0.2) is 47.2 Å². The maximum Gasteiger partial charge on any atom is 0.238 e. The van der Waals surface area contributed by atoms with E-state index in [1.165, 1.54) is 0 Å². The molecular weight excluding hydrogens is 336 g/mol. The van der Waals surface area contributed by atoms with Gasteiger partial charge in [0.1, 0.15) is 5.37 Å². The van der Waals surface area contributed by atoms with Crippen LogP contribution < -0.4 is 4.90 Å². The zero-order valence-electron chi connectivity index (χ0n) is 10.9. The van der Waals surface area contributed by atoms with Gasteiger partial charge in [-0.3, -0.25) is 14.7 Å². The zero-order valence-corrected chi connectivity index (χ0v) is 13.3. The van der Waals surface area contributed by atoms with E-state index in [1.807, 2.05) is 48.4 Å². The van der Waals surface area contributed by atoms with Crippen molar-refractivity contribution < 1.29 is 4.79 Å². The minimum atomic E-state index is 0.0103. The van der Waals surface area contributed by atoms with Crippen molar-refractivity contribution in [3.63, 3.8) is 0 Å². The van der Waals surface area contributed by atoms with E-state index in [9.17, 15) is 4.79 Å². The summed E-state index contributed by atoms with van der Waals surface area (Å²) in [5.41, 5.74) is 3.12. The third kappa shape index (κ3) is 2.47. The Labute approximate surface area is 130 Å². The first-order chi connectivity index (χ1) is 9.66. The van der Waals surface area contributed by atoms with Crippen LogP contribution in [0.1, 0.15) is 16.5 Å². The van der Waals surface area contributed by atoms with E-state index in [2.05, 4.69) is 20.9 Å². The van der Waals surface area contributed by atoms with Crippen molar-refractivity contribution in [2.45, 2.75) is 12.3 Å². The first-order valence-corrected chi connectivity index (χ1v) is 8.11. The molecule has 1 aliphatic rings. The molecule has 0 bridgehead atoms. The number of thioether (sulfide) groups is 1. The molecule has 0 radical (unpaired) electrons. The molecule has 0 unspecified atom stereocenters. The Morgan fingerprint density at radius 2 is 2.25 bits per heavy atom. The zero-order chi connectivity index (χ0) is 14.1. The monoisotopic (exact) mass is 348 g/mol. The number of nitrogens with zero attached hydrogens (tertiary/aromatic N) is 2. The summed E-state index contributed by atoms with van der Waals surface area (Å²) in [5.74, 6) is 0.656. The van der Waals surface area contributed by atoms with Gasteiger partial charge in [0.2, 0.25) is 5.91 Å². The van der Waals surface area contributed by atoms with E-state index in [4.69, 9.17) is 0 Å². The summed E-state index contributed by atoms with van der Waals surface area (Å²) in [6.45, 7) is 2.02. The van der Waals surface area contributed by atoms with Gasteiger partial charge in [0.05, 0.1) is 5.75 Å². The lowest BCUT2D eigenvalue weighted by Crippen LogP contribution is -2.28. The van der Waals surface area contributed by atoms with E-state index in [-0.39, 0.29) is 11.3 Å². The number of hydrogen-bond donors (Lipinski definition) is 0. The van der Waals surface area contributed by atoms with Crippen LogP contribution in [0.4, 0.5) is 5.69 Å². The number of halogens is 1. The third-order valence-electron chi connectivity index (χ3n) is 3.26. The SMILES string of the molecule is Cc1cc(Br)ccc1N1C(=O)CS[C@@H]1c1cccnc1. The van der Waals surface area contributed by atoms with Crippen molar-refractivity contribution in [3.8, 4) is 0 Å². The molecule has 1 aromatic carbocycles. The first-order valence-electron chi connectivity index (χ1n) is 6.26. The molecule has 1 amide bonds. The molecule has 102 valence electrons. The largest absolute Gasteiger partial charge is 0.295 e. The maximum atomic E-state index is 12.3. The van der Waals surface area contributed by atoms with Crippen molar-refractivity contribution in [1.82, 2.24) is 4.98 Å². The number of pyridine rings is 1. The number of hydrogen-bond acceptors (Lipinski definition) is 3. The standard InChI is InChI=1S/C15H13BrN2OS/c1-10-7-12(16)4-5-13(10)18-14(19)9-20-15(18)11-3-2-6-17-8-11/h2-8,15H,9H2,1H3/t15-/m1/s1. The van der Waals surface area contributed by atoms with Crippen LogP contribution in [0.5, 0.6) is 0 Å². The number of aryl methyl sites for hydroxylation is 1. The molecule has 0 saturated carbocycles. The normalized spacial score (nSPS) is 18.6. The Hall–Kier alpha value is -1.33. The summed E-state index contributed by atoms with van der Waals surface area (Å²) in [6.07, 6.45) is 3.58. The van der Waals surface area contributed by atoms with Crippen molar-refractivity contribution >= 4 is 39.3 Å². The fraction of sp³-hybridized carbons (Fsp3) is 0.200. The fourth-order valence-electron chi connectivity index (χ4n) is 2.34. The van der Waals surface area contributed by atoms with Gasteiger partial charge in [-0.05, 0) is 36.8 Å². The number of amides is 1. The number of rotatable bonds is 2. The highest BCUT2D eigenvalue weighted by atomic mass is 79.9. The summed E-state index contributed by atoms with van der Waals surface area (Å²) in [7, 11) is 0. The van der Waals surface area contributed by atoms with Crippen LogP contribution in [0.25, 0.3) is 0 Å². The van der Waals surface area contributed by atoms with Crippen LogP contribution in [-0.4, -0.2) is 16.6 Å². The highest BCUT2D eigenvalue weighted by molar-refractivity contribution is 9.10. The van der Waals surface area contributed by atoms with Crippen molar-refractivity contribution in [1.29, 1.82) is 0 Å². The number of carbonyl (C=O) groups is 1. The molecule has 20 heavy (non-hydrogen) atoms. The molecule has 3 rings (SSSR count). The lowest BCUT2D eigenvalue weighted by molar-refractivity contribution is -0.115. The van der Waals surface area contributed by atoms with Gasteiger partial charge >= 0.3 is 0 Å². The lowest BCUT2D eigenvalue weighted by atomic mass is 10.1. The van der Waals surface area contributed by atoms with Gasteiger partial charge in [-0.1, -0.05) is 22.0 Å². The van der Waals surface area contributed by atoms with E-state index in [0.29, 0.717) is 5.75 Å². The molecule has 0 aliphatic carbocycles. The Balaban J connectivity index is 2.03. The van der Waals surface area contributed by atoms with Crippen molar-refractivity contribution in [2.24, 2.45) is 0 Å². The summed E-state index contributed by atoms with van der Waals surface area (Å²) < 4.78 is 1.02. The van der Waals surface area contributed by atoms with Crippen molar-refractivity contribution in [3.05, 3.63) is 58.3 Å². The van der Waals surface area contributed by atoms with Crippen molar-refractivity contribution in [2.75, 3.05) is 10.7 Å². The summed E-state index contributed by atoms with van der Waals surface area (Å²) in [5, 5.41) is 0.0103. The number of benzene rings is 1. The van der Waals surface area contributed by atoms with Crippen LogP contribution in [0.2, 0.25) is 0 Å². The lowest BCUT2D eigenvalue weighted by Gasteiger charge is -2.25. The minimum Gasteiger partial charge on any atom is -0.295 e. The highest BCUT2D eigenvalue weighted by Crippen LogP contribution is 2.42. The second kappa shape index (κ2) is 5.58. The Morgan fingerprint density at radius 3 is 2.95 bits per heavy atom. The molecule has 3 nitrogen and oxygen atoms in total. The third-order valence-corrected chi connectivity index (χ3v) is 4.96.